The smallest absolute Gasteiger partial charge is 0.107 e. The van der Waals surface area contributed by atoms with E-state index in [4.69, 9.17) is 29.6 Å². The summed E-state index contributed by atoms with van der Waals surface area (Å²) in [6.07, 6.45) is 0.959. The Morgan fingerprint density at radius 2 is 2.21 bits per heavy atom. The molecule has 0 spiro atoms. The number of halogens is 1. The Hall–Kier alpha value is -1.10. The average Bonchev–Trinajstić information content (AvgIpc) is 2.81. The maximum atomic E-state index is 6.15. The van der Waals surface area contributed by atoms with E-state index in [1.54, 1.807) is 17.4 Å². The quantitative estimate of drug-likeness (QED) is 0.817. The molecule has 0 aliphatic carbocycles. The molecule has 0 aliphatic heterocycles. The Bertz CT molecular complexity index is 567. The summed E-state index contributed by atoms with van der Waals surface area (Å²) in [6, 6.07) is 10.1. The normalized spacial score (nSPS) is 12.1. The maximum absolute atomic E-state index is 6.15. The highest BCUT2D eigenvalue weighted by Crippen LogP contribution is 2.25. The van der Waals surface area contributed by atoms with E-state index in [1.807, 2.05) is 12.1 Å². The highest BCUT2D eigenvalue weighted by Gasteiger charge is 2.12. The van der Waals surface area contributed by atoms with Gasteiger partial charge in [-0.2, -0.15) is 0 Å². The first-order valence-electron chi connectivity index (χ1n) is 5.95. The van der Waals surface area contributed by atoms with Crippen LogP contribution in [-0.2, 0) is 6.42 Å². The van der Waals surface area contributed by atoms with Crippen LogP contribution >= 0.6 is 35.2 Å². The van der Waals surface area contributed by atoms with Crippen molar-refractivity contribution in [3.63, 3.8) is 0 Å². The van der Waals surface area contributed by atoms with Crippen LogP contribution in [0.25, 0.3) is 0 Å². The third-order valence-corrected chi connectivity index (χ3v) is 4.17. The van der Waals surface area contributed by atoms with Gasteiger partial charge in [-0.1, -0.05) is 36.0 Å². The van der Waals surface area contributed by atoms with E-state index >= 15 is 0 Å². The minimum absolute atomic E-state index is 0.283. The van der Waals surface area contributed by atoms with Gasteiger partial charge in [-0.25, -0.2) is 0 Å². The van der Waals surface area contributed by atoms with E-state index in [0.29, 0.717) is 10.0 Å². The van der Waals surface area contributed by atoms with Crippen molar-refractivity contribution in [3.8, 4) is 0 Å². The molecule has 2 rings (SSSR count). The molecule has 5 heteroatoms. The van der Waals surface area contributed by atoms with Crippen molar-refractivity contribution >= 4 is 45.8 Å². The van der Waals surface area contributed by atoms with Crippen molar-refractivity contribution in [3.05, 3.63) is 51.2 Å². The number of benzene rings is 1. The number of rotatable bonds is 5. The molecule has 1 heterocycles. The molecule has 3 N–H and O–H groups in total. The van der Waals surface area contributed by atoms with Crippen LogP contribution in [0.2, 0.25) is 5.02 Å². The molecule has 0 bridgehead atoms. The zero-order chi connectivity index (χ0) is 13.8. The Morgan fingerprint density at radius 3 is 2.84 bits per heavy atom. The first-order chi connectivity index (χ1) is 9.08. The first kappa shape index (κ1) is 14.3. The molecule has 0 saturated carbocycles. The SMILES string of the molecule is CC(Cc1cccs1)Nc1cccc(Cl)c1C(N)=S. The van der Waals surface area contributed by atoms with Gasteiger partial charge in [0.05, 0.1) is 10.6 Å². The molecule has 0 fully saturated rings. The van der Waals surface area contributed by atoms with E-state index in [9.17, 15) is 0 Å². The summed E-state index contributed by atoms with van der Waals surface area (Å²) in [5, 5.41) is 6.09. The molecule has 2 nitrogen and oxygen atoms in total. The van der Waals surface area contributed by atoms with Gasteiger partial charge < -0.3 is 11.1 Å². The first-order valence-corrected chi connectivity index (χ1v) is 7.61. The van der Waals surface area contributed by atoms with Crippen LogP contribution in [0.5, 0.6) is 0 Å². The monoisotopic (exact) mass is 310 g/mol. The van der Waals surface area contributed by atoms with Gasteiger partial charge in [-0.05, 0) is 30.5 Å². The number of hydrogen-bond donors (Lipinski definition) is 2. The number of anilines is 1. The summed E-state index contributed by atoms with van der Waals surface area (Å²) in [7, 11) is 0. The number of nitrogens with one attached hydrogen (secondary N) is 1. The minimum atomic E-state index is 0.283. The van der Waals surface area contributed by atoms with Crippen molar-refractivity contribution in [1.82, 2.24) is 0 Å². The highest BCUT2D eigenvalue weighted by molar-refractivity contribution is 7.80. The van der Waals surface area contributed by atoms with Crippen molar-refractivity contribution in [2.24, 2.45) is 5.73 Å². The number of thiocarbonyl (C=S) groups is 1. The molecule has 100 valence electrons. The van der Waals surface area contributed by atoms with E-state index in [0.717, 1.165) is 17.7 Å². The third-order valence-electron chi connectivity index (χ3n) is 2.75. The largest absolute Gasteiger partial charge is 0.389 e. The summed E-state index contributed by atoms with van der Waals surface area (Å²) in [5.41, 5.74) is 7.35. The van der Waals surface area contributed by atoms with Gasteiger partial charge in [0.15, 0.2) is 0 Å². The topological polar surface area (TPSA) is 38.0 Å². The van der Waals surface area contributed by atoms with Gasteiger partial charge in [0, 0.05) is 23.0 Å². The van der Waals surface area contributed by atoms with Gasteiger partial charge >= 0.3 is 0 Å². The van der Waals surface area contributed by atoms with Crippen molar-refractivity contribution in [2.75, 3.05) is 5.32 Å². The summed E-state index contributed by atoms with van der Waals surface area (Å²) in [5.74, 6) is 0. The average molecular weight is 311 g/mol. The standard InChI is InChI=1S/C14H15ClN2S2/c1-9(8-10-4-3-7-19-10)17-12-6-2-5-11(15)13(12)14(16)18/h2-7,9,17H,8H2,1H3,(H2,16,18). The zero-order valence-corrected chi connectivity index (χ0v) is 12.9. The predicted octanol–water partition coefficient (Wildman–Crippen LogP) is 4.08. The fraction of sp³-hybridized carbons (Fsp3) is 0.214. The lowest BCUT2D eigenvalue weighted by Gasteiger charge is -2.18. The molecule has 0 radical (unpaired) electrons. The van der Waals surface area contributed by atoms with Gasteiger partial charge in [0.2, 0.25) is 0 Å². The molecule has 0 saturated heterocycles. The van der Waals surface area contributed by atoms with Crippen LogP contribution in [0, 0.1) is 0 Å². The van der Waals surface area contributed by atoms with Crippen LogP contribution < -0.4 is 11.1 Å². The fourth-order valence-corrected chi connectivity index (χ4v) is 3.33. The Kier molecular flexibility index (Phi) is 4.80. The lowest BCUT2D eigenvalue weighted by molar-refractivity contribution is 0.800. The zero-order valence-electron chi connectivity index (χ0n) is 10.5. The van der Waals surface area contributed by atoms with Crippen LogP contribution in [0.3, 0.4) is 0 Å². The summed E-state index contributed by atoms with van der Waals surface area (Å²) in [6.45, 7) is 2.13. The molecule has 0 amide bonds. The molecule has 1 aromatic carbocycles. The minimum Gasteiger partial charge on any atom is -0.389 e. The molecule has 1 unspecified atom stereocenters. The van der Waals surface area contributed by atoms with Crippen LogP contribution in [0.1, 0.15) is 17.4 Å². The second-order valence-electron chi connectivity index (χ2n) is 4.36. The lowest BCUT2D eigenvalue weighted by atomic mass is 10.1. The van der Waals surface area contributed by atoms with Gasteiger partial charge in [0.25, 0.3) is 0 Å². The Labute approximate surface area is 127 Å². The van der Waals surface area contributed by atoms with Crippen molar-refractivity contribution in [2.45, 2.75) is 19.4 Å². The van der Waals surface area contributed by atoms with Gasteiger partial charge in [-0.3, -0.25) is 0 Å². The highest BCUT2D eigenvalue weighted by atomic mass is 35.5. The lowest BCUT2D eigenvalue weighted by Crippen LogP contribution is -2.21. The van der Waals surface area contributed by atoms with Gasteiger partial charge in [0.1, 0.15) is 4.99 Å². The second kappa shape index (κ2) is 6.37. The second-order valence-corrected chi connectivity index (χ2v) is 6.23. The van der Waals surface area contributed by atoms with E-state index < -0.39 is 0 Å². The Balaban J connectivity index is 2.14. The molecular formula is C14H15ClN2S2. The van der Waals surface area contributed by atoms with Crippen LogP contribution in [0.4, 0.5) is 5.69 Å². The fourth-order valence-electron chi connectivity index (χ4n) is 1.94. The van der Waals surface area contributed by atoms with Gasteiger partial charge in [-0.15, -0.1) is 11.3 Å². The molecule has 0 aliphatic rings. The Morgan fingerprint density at radius 1 is 1.42 bits per heavy atom. The number of hydrogen-bond acceptors (Lipinski definition) is 3. The molecule has 1 aromatic heterocycles. The number of nitrogens with two attached hydrogens (primary N) is 1. The van der Waals surface area contributed by atoms with E-state index in [1.165, 1.54) is 4.88 Å². The summed E-state index contributed by atoms with van der Waals surface area (Å²) >= 11 is 13.0. The maximum Gasteiger partial charge on any atom is 0.107 e. The van der Waals surface area contributed by atoms with Crippen molar-refractivity contribution in [1.29, 1.82) is 0 Å². The third kappa shape index (κ3) is 3.69. The molecular weight excluding hydrogens is 296 g/mol. The summed E-state index contributed by atoms with van der Waals surface area (Å²) < 4.78 is 0. The van der Waals surface area contributed by atoms with E-state index in [2.05, 4.69) is 29.8 Å². The van der Waals surface area contributed by atoms with Crippen molar-refractivity contribution < 1.29 is 0 Å². The molecule has 2 aromatic rings. The summed E-state index contributed by atoms with van der Waals surface area (Å²) in [4.78, 5) is 1.66. The van der Waals surface area contributed by atoms with Crippen LogP contribution in [0.15, 0.2) is 35.7 Å². The number of thiophene rings is 1. The molecule has 19 heavy (non-hydrogen) atoms. The van der Waals surface area contributed by atoms with E-state index in [-0.39, 0.29) is 6.04 Å². The predicted molar refractivity (Wildman–Crippen MR) is 88.4 cm³/mol. The molecule has 1 atom stereocenters. The van der Waals surface area contributed by atoms with Crippen LogP contribution in [-0.4, -0.2) is 11.0 Å².